The van der Waals surface area contributed by atoms with Gasteiger partial charge in [0.2, 0.25) is 5.91 Å². The predicted molar refractivity (Wildman–Crippen MR) is 99.0 cm³/mol. The van der Waals surface area contributed by atoms with Crippen LogP contribution in [0.2, 0.25) is 0 Å². The molecule has 9 heteroatoms. The molecule has 0 aromatic carbocycles. The number of thioether (sulfide) groups is 1. The Morgan fingerprint density at radius 1 is 1.37 bits per heavy atom. The molecule has 0 fully saturated rings. The molecule has 4 rings (SSSR count). The van der Waals surface area contributed by atoms with Crippen molar-refractivity contribution in [3.05, 3.63) is 53.8 Å². The number of carbonyl (C=O) groups is 1. The van der Waals surface area contributed by atoms with Crippen LogP contribution in [-0.2, 0) is 37.6 Å². The number of aryl methyl sites for hydroxylation is 3. The highest BCUT2D eigenvalue weighted by atomic mass is 32.2. The Hall–Kier alpha value is -2.68. The van der Waals surface area contributed by atoms with Crippen LogP contribution in [-0.4, -0.2) is 47.8 Å². The summed E-state index contributed by atoms with van der Waals surface area (Å²) in [7, 11) is 1.86. The zero-order valence-corrected chi connectivity index (χ0v) is 15.9. The Morgan fingerprint density at radius 3 is 3.07 bits per heavy atom. The minimum Gasteiger partial charge on any atom is -0.445 e. The first-order valence-corrected chi connectivity index (χ1v) is 9.78. The second-order valence-corrected chi connectivity index (χ2v) is 7.36. The van der Waals surface area contributed by atoms with E-state index in [1.165, 1.54) is 11.8 Å². The van der Waals surface area contributed by atoms with E-state index in [0.717, 1.165) is 40.9 Å². The number of hydrogen-bond acceptors (Lipinski definition) is 7. The standard InChI is InChI=1S/C18H20N6O2S/c1-23-12-20-22-18(23)27-11-17(25)24-8-6-15-14(10-24)21-16(26-15)5-4-13-3-2-7-19-9-13/h2-3,7,9,12H,4-6,8,10-11H2,1H3. The average molecular weight is 384 g/mol. The van der Waals surface area contributed by atoms with E-state index in [9.17, 15) is 4.79 Å². The molecule has 1 amide bonds. The minimum absolute atomic E-state index is 0.0774. The van der Waals surface area contributed by atoms with Gasteiger partial charge in [-0.2, -0.15) is 0 Å². The van der Waals surface area contributed by atoms with Gasteiger partial charge in [0.25, 0.3) is 0 Å². The summed E-state index contributed by atoms with van der Waals surface area (Å²) in [6.07, 6.45) is 7.52. The largest absolute Gasteiger partial charge is 0.445 e. The number of fused-ring (bicyclic) bond motifs is 1. The van der Waals surface area contributed by atoms with Crippen molar-refractivity contribution >= 4 is 17.7 Å². The lowest BCUT2D eigenvalue weighted by Crippen LogP contribution is -2.37. The van der Waals surface area contributed by atoms with Gasteiger partial charge in [-0.25, -0.2) is 4.98 Å². The van der Waals surface area contributed by atoms with Crippen molar-refractivity contribution in [3.63, 3.8) is 0 Å². The van der Waals surface area contributed by atoms with Crippen molar-refractivity contribution in [2.75, 3.05) is 12.3 Å². The fourth-order valence-electron chi connectivity index (χ4n) is 2.99. The van der Waals surface area contributed by atoms with Crippen LogP contribution >= 0.6 is 11.8 Å². The van der Waals surface area contributed by atoms with Crippen LogP contribution in [0.25, 0.3) is 0 Å². The molecule has 140 valence electrons. The van der Waals surface area contributed by atoms with Crippen molar-refractivity contribution in [3.8, 4) is 0 Å². The molecule has 0 N–H and O–H groups in total. The molecule has 0 atom stereocenters. The highest BCUT2D eigenvalue weighted by Crippen LogP contribution is 2.22. The van der Waals surface area contributed by atoms with Crippen LogP contribution in [0.1, 0.15) is 22.9 Å². The maximum atomic E-state index is 12.5. The third kappa shape index (κ3) is 4.19. The molecule has 1 aliphatic heterocycles. The van der Waals surface area contributed by atoms with Crippen LogP contribution in [0.5, 0.6) is 0 Å². The molecule has 0 unspecified atom stereocenters. The van der Waals surface area contributed by atoms with E-state index in [1.54, 1.807) is 17.1 Å². The summed E-state index contributed by atoms with van der Waals surface area (Å²) in [6, 6.07) is 3.98. The number of rotatable bonds is 6. The fraction of sp³-hybridized carbons (Fsp3) is 0.389. The second-order valence-electron chi connectivity index (χ2n) is 6.42. The summed E-state index contributed by atoms with van der Waals surface area (Å²) in [6.45, 7) is 1.16. The maximum absolute atomic E-state index is 12.5. The number of nitrogens with zero attached hydrogens (tertiary/aromatic N) is 6. The number of carbonyl (C=O) groups excluding carboxylic acids is 1. The first-order chi connectivity index (χ1) is 13.2. The minimum atomic E-state index is 0.0774. The zero-order valence-electron chi connectivity index (χ0n) is 15.0. The average Bonchev–Trinajstić information content (AvgIpc) is 3.30. The Balaban J connectivity index is 1.33. The lowest BCUT2D eigenvalue weighted by atomic mass is 10.1. The third-order valence-electron chi connectivity index (χ3n) is 4.47. The van der Waals surface area contributed by atoms with Gasteiger partial charge in [-0.05, 0) is 18.1 Å². The lowest BCUT2D eigenvalue weighted by Gasteiger charge is -2.25. The first kappa shape index (κ1) is 17.7. The molecule has 8 nitrogen and oxygen atoms in total. The van der Waals surface area contributed by atoms with Gasteiger partial charge in [0, 0.05) is 38.8 Å². The number of aromatic nitrogens is 5. The third-order valence-corrected chi connectivity index (χ3v) is 5.49. The van der Waals surface area contributed by atoms with E-state index in [-0.39, 0.29) is 5.91 Å². The van der Waals surface area contributed by atoms with E-state index < -0.39 is 0 Å². The Morgan fingerprint density at radius 2 is 2.30 bits per heavy atom. The van der Waals surface area contributed by atoms with Crippen LogP contribution in [0.15, 0.2) is 40.4 Å². The van der Waals surface area contributed by atoms with E-state index >= 15 is 0 Å². The predicted octanol–water partition coefficient (Wildman–Crippen LogP) is 1.66. The summed E-state index contributed by atoms with van der Waals surface area (Å²) in [4.78, 5) is 23.1. The van der Waals surface area contributed by atoms with E-state index in [4.69, 9.17) is 4.42 Å². The van der Waals surface area contributed by atoms with E-state index in [2.05, 4.69) is 20.2 Å². The molecule has 27 heavy (non-hydrogen) atoms. The summed E-state index contributed by atoms with van der Waals surface area (Å²) < 4.78 is 7.70. The van der Waals surface area contributed by atoms with Crippen molar-refractivity contribution in [2.24, 2.45) is 7.05 Å². The van der Waals surface area contributed by atoms with Gasteiger partial charge < -0.3 is 13.9 Å². The number of amides is 1. The normalized spacial score (nSPS) is 13.6. The Kier molecular flexibility index (Phi) is 5.19. The highest BCUT2D eigenvalue weighted by Gasteiger charge is 2.25. The zero-order chi connectivity index (χ0) is 18.6. The summed E-state index contributed by atoms with van der Waals surface area (Å²) in [5, 5.41) is 8.55. The number of oxazole rings is 1. The van der Waals surface area contributed by atoms with Gasteiger partial charge >= 0.3 is 0 Å². The van der Waals surface area contributed by atoms with E-state index in [0.29, 0.717) is 25.3 Å². The van der Waals surface area contributed by atoms with Gasteiger partial charge in [0.05, 0.1) is 12.3 Å². The molecule has 4 heterocycles. The SMILES string of the molecule is Cn1cnnc1SCC(=O)N1CCc2oc(CCc3cccnc3)nc2C1. The smallest absolute Gasteiger partial charge is 0.233 e. The van der Waals surface area contributed by atoms with Gasteiger partial charge in [-0.1, -0.05) is 17.8 Å². The molecule has 1 aliphatic rings. The van der Waals surface area contributed by atoms with Gasteiger partial charge in [0.15, 0.2) is 11.0 Å². The van der Waals surface area contributed by atoms with Crippen LogP contribution < -0.4 is 0 Å². The van der Waals surface area contributed by atoms with Gasteiger partial charge in [-0.3, -0.25) is 9.78 Å². The fourth-order valence-corrected chi connectivity index (χ4v) is 3.78. The molecule has 0 saturated carbocycles. The number of pyridine rings is 1. The molecule has 0 saturated heterocycles. The van der Waals surface area contributed by atoms with E-state index in [1.807, 2.05) is 30.3 Å². The summed E-state index contributed by atoms with van der Waals surface area (Å²) in [5.41, 5.74) is 2.03. The highest BCUT2D eigenvalue weighted by molar-refractivity contribution is 7.99. The van der Waals surface area contributed by atoms with Crippen LogP contribution in [0.4, 0.5) is 0 Å². The Labute approximate surface area is 161 Å². The first-order valence-electron chi connectivity index (χ1n) is 8.80. The molecule has 0 bridgehead atoms. The van der Waals surface area contributed by atoms with Crippen molar-refractivity contribution in [2.45, 2.75) is 31.0 Å². The summed E-state index contributed by atoms with van der Waals surface area (Å²) in [5.74, 6) is 2.05. The van der Waals surface area contributed by atoms with Crippen molar-refractivity contribution in [1.29, 1.82) is 0 Å². The molecule has 3 aromatic rings. The molecular weight excluding hydrogens is 364 g/mol. The molecular formula is C18H20N6O2S. The van der Waals surface area contributed by atoms with Gasteiger partial charge in [0.1, 0.15) is 17.8 Å². The van der Waals surface area contributed by atoms with Crippen LogP contribution in [0.3, 0.4) is 0 Å². The second kappa shape index (κ2) is 7.91. The number of hydrogen-bond donors (Lipinski definition) is 0. The van der Waals surface area contributed by atoms with Crippen molar-refractivity contribution < 1.29 is 9.21 Å². The molecule has 3 aromatic heterocycles. The Bertz CT molecular complexity index is 923. The lowest BCUT2D eigenvalue weighted by molar-refractivity contribution is -0.129. The quantitative estimate of drug-likeness (QED) is 0.597. The van der Waals surface area contributed by atoms with Gasteiger partial charge in [-0.15, -0.1) is 10.2 Å². The topological polar surface area (TPSA) is 89.9 Å². The monoisotopic (exact) mass is 384 g/mol. The molecule has 0 aliphatic carbocycles. The molecule has 0 radical (unpaired) electrons. The van der Waals surface area contributed by atoms with Crippen molar-refractivity contribution in [1.82, 2.24) is 29.6 Å². The van der Waals surface area contributed by atoms with Crippen LogP contribution in [0, 0.1) is 0 Å². The summed E-state index contributed by atoms with van der Waals surface area (Å²) >= 11 is 1.40. The maximum Gasteiger partial charge on any atom is 0.233 e. The molecule has 0 spiro atoms.